The van der Waals surface area contributed by atoms with E-state index in [2.05, 4.69) is 21.2 Å². The molecular weight excluding hydrogens is 322 g/mol. The summed E-state index contributed by atoms with van der Waals surface area (Å²) in [5.74, 6) is -0.334. The minimum atomic E-state index is -0.918. The molecule has 0 heterocycles. The summed E-state index contributed by atoms with van der Waals surface area (Å²) >= 11 is 3.45. The highest BCUT2D eigenvalue weighted by molar-refractivity contribution is 9.10. The van der Waals surface area contributed by atoms with E-state index in [1.54, 1.807) is 0 Å². The second-order valence-electron chi connectivity index (χ2n) is 5.15. The highest BCUT2D eigenvalue weighted by Crippen LogP contribution is 2.28. The van der Waals surface area contributed by atoms with Crippen LogP contribution in [0.1, 0.15) is 38.2 Å². The summed E-state index contributed by atoms with van der Waals surface area (Å²) < 4.78 is 6.37. The molecule has 0 amide bonds. The van der Waals surface area contributed by atoms with E-state index >= 15 is 0 Å². The van der Waals surface area contributed by atoms with Crippen molar-refractivity contribution in [2.45, 2.75) is 51.3 Å². The van der Waals surface area contributed by atoms with Crippen molar-refractivity contribution in [1.29, 1.82) is 0 Å². The predicted molar refractivity (Wildman–Crippen MR) is 81.0 cm³/mol. The second kappa shape index (κ2) is 7.09. The van der Waals surface area contributed by atoms with Crippen LogP contribution in [-0.4, -0.2) is 23.2 Å². The van der Waals surface area contributed by atoms with Crippen LogP contribution in [-0.2, 0) is 11.3 Å². The quantitative estimate of drug-likeness (QED) is 0.761. The average molecular weight is 342 g/mol. The Morgan fingerprint density at radius 1 is 1.55 bits per heavy atom. The zero-order valence-electron chi connectivity index (χ0n) is 11.6. The normalized spacial score (nSPS) is 15.9. The van der Waals surface area contributed by atoms with Gasteiger partial charge in [0.1, 0.15) is 5.75 Å². The maximum Gasteiger partial charge on any atom is 0.344 e. The third-order valence-electron chi connectivity index (χ3n) is 3.26. The van der Waals surface area contributed by atoms with E-state index in [9.17, 15) is 4.79 Å². The predicted octanol–water partition coefficient (Wildman–Crippen LogP) is 3.33. The van der Waals surface area contributed by atoms with Crippen molar-refractivity contribution in [3.05, 3.63) is 28.2 Å². The molecule has 0 spiro atoms. The van der Waals surface area contributed by atoms with Crippen molar-refractivity contribution < 1.29 is 14.6 Å². The van der Waals surface area contributed by atoms with Crippen molar-refractivity contribution in [2.75, 3.05) is 0 Å². The Balaban J connectivity index is 1.98. The van der Waals surface area contributed by atoms with Gasteiger partial charge >= 0.3 is 5.97 Å². The van der Waals surface area contributed by atoms with Crippen molar-refractivity contribution in [1.82, 2.24) is 5.32 Å². The van der Waals surface area contributed by atoms with E-state index < -0.39 is 12.1 Å². The third kappa shape index (κ3) is 4.49. The van der Waals surface area contributed by atoms with Crippen LogP contribution < -0.4 is 10.1 Å². The average Bonchev–Trinajstić information content (AvgIpc) is 3.22. The van der Waals surface area contributed by atoms with Gasteiger partial charge in [-0.05, 0) is 52.9 Å². The van der Waals surface area contributed by atoms with Gasteiger partial charge in [0.05, 0.1) is 4.47 Å². The monoisotopic (exact) mass is 341 g/mol. The third-order valence-corrected chi connectivity index (χ3v) is 3.88. The van der Waals surface area contributed by atoms with Gasteiger partial charge in [0.2, 0.25) is 0 Å². The van der Waals surface area contributed by atoms with E-state index in [0.29, 0.717) is 18.2 Å². The smallest absolute Gasteiger partial charge is 0.344 e. The number of carboxylic acids is 1. The fourth-order valence-corrected chi connectivity index (χ4v) is 2.47. The molecule has 2 N–H and O–H groups in total. The molecule has 0 saturated heterocycles. The highest BCUT2D eigenvalue weighted by atomic mass is 79.9. The molecule has 20 heavy (non-hydrogen) atoms. The molecule has 110 valence electrons. The molecule has 1 aromatic carbocycles. The van der Waals surface area contributed by atoms with Gasteiger partial charge in [-0.3, -0.25) is 0 Å². The first-order chi connectivity index (χ1) is 9.60. The van der Waals surface area contributed by atoms with Crippen LogP contribution in [0.3, 0.4) is 0 Å². The van der Waals surface area contributed by atoms with Crippen molar-refractivity contribution in [3.63, 3.8) is 0 Å². The van der Waals surface area contributed by atoms with Crippen LogP contribution in [0.2, 0.25) is 0 Å². The summed E-state index contributed by atoms with van der Waals surface area (Å²) in [5, 5.41) is 12.6. The molecule has 0 aromatic heterocycles. The first-order valence-electron chi connectivity index (χ1n) is 7.01. The molecule has 1 atom stereocenters. The summed E-state index contributed by atoms with van der Waals surface area (Å²) in [6.07, 6.45) is 3.02. The van der Waals surface area contributed by atoms with Crippen LogP contribution in [0.5, 0.6) is 5.75 Å². The maximum absolute atomic E-state index is 11.1. The van der Waals surface area contributed by atoms with Crippen LogP contribution in [0.4, 0.5) is 0 Å². The van der Waals surface area contributed by atoms with Gasteiger partial charge in [0.25, 0.3) is 0 Å². The Kier molecular flexibility index (Phi) is 5.43. The maximum atomic E-state index is 11.1. The second-order valence-corrected chi connectivity index (χ2v) is 6.01. The van der Waals surface area contributed by atoms with Crippen LogP contribution in [0, 0.1) is 0 Å². The number of carbonyl (C=O) groups is 1. The molecule has 1 saturated carbocycles. The number of hydrogen-bond donors (Lipinski definition) is 2. The van der Waals surface area contributed by atoms with Gasteiger partial charge in [-0.15, -0.1) is 0 Å². The molecule has 0 radical (unpaired) electrons. The van der Waals surface area contributed by atoms with Gasteiger partial charge in [-0.25, -0.2) is 4.79 Å². The lowest BCUT2D eigenvalue weighted by molar-refractivity contribution is -0.145. The van der Waals surface area contributed by atoms with Crippen molar-refractivity contribution in [2.24, 2.45) is 0 Å². The molecule has 0 aliphatic heterocycles. The van der Waals surface area contributed by atoms with E-state index in [0.717, 1.165) is 17.4 Å². The molecule has 1 unspecified atom stereocenters. The SMILES string of the molecule is CCCC(Oc1ccc(CNC2CC2)cc1Br)C(=O)O. The number of benzene rings is 1. The topological polar surface area (TPSA) is 58.6 Å². The fourth-order valence-electron chi connectivity index (χ4n) is 1.95. The van der Waals surface area contributed by atoms with E-state index in [4.69, 9.17) is 9.84 Å². The van der Waals surface area contributed by atoms with Crippen LogP contribution in [0.25, 0.3) is 0 Å². The zero-order valence-corrected chi connectivity index (χ0v) is 13.1. The lowest BCUT2D eigenvalue weighted by atomic mass is 10.2. The molecule has 4 nitrogen and oxygen atoms in total. The van der Waals surface area contributed by atoms with E-state index in [-0.39, 0.29) is 0 Å². The highest BCUT2D eigenvalue weighted by Gasteiger charge is 2.21. The number of rotatable bonds is 8. The zero-order chi connectivity index (χ0) is 14.5. The molecule has 1 aliphatic carbocycles. The Morgan fingerprint density at radius 3 is 2.85 bits per heavy atom. The molecule has 0 bridgehead atoms. The Bertz CT molecular complexity index is 474. The summed E-state index contributed by atoms with van der Waals surface area (Å²) in [7, 11) is 0. The first kappa shape index (κ1) is 15.3. The molecule has 1 aliphatic rings. The van der Waals surface area contributed by atoms with Gasteiger partial charge < -0.3 is 15.2 Å². The Labute approximate surface area is 127 Å². The van der Waals surface area contributed by atoms with Gasteiger partial charge in [0, 0.05) is 12.6 Å². The molecule has 1 aromatic rings. The number of halogens is 1. The summed E-state index contributed by atoms with van der Waals surface area (Å²) in [6.45, 7) is 2.78. The lowest BCUT2D eigenvalue weighted by Gasteiger charge is -2.16. The number of aliphatic carboxylic acids is 1. The summed E-state index contributed by atoms with van der Waals surface area (Å²) in [6, 6.07) is 6.46. The Morgan fingerprint density at radius 2 is 2.30 bits per heavy atom. The van der Waals surface area contributed by atoms with Gasteiger partial charge in [-0.1, -0.05) is 19.4 Å². The lowest BCUT2D eigenvalue weighted by Crippen LogP contribution is -2.26. The first-order valence-corrected chi connectivity index (χ1v) is 7.80. The molecule has 1 fully saturated rings. The summed E-state index contributed by atoms with van der Waals surface area (Å²) in [5.41, 5.74) is 1.17. The number of nitrogens with one attached hydrogen (secondary N) is 1. The standard InChI is InChI=1S/C15H20BrNO3/c1-2-3-14(15(18)19)20-13-7-4-10(8-12(13)16)9-17-11-5-6-11/h4,7-8,11,14,17H,2-3,5-6,9H2,1H3,(H,18,19). The number of carboxylic acid groups (broad SMARTS) is 1. The minimum absolute atomic E-state index is 0.507. The summed E-state index contributed by atoms with van der Waals surface area (Å²) in [4.78, 5) is 11.1. The molecular formula is C15H20BrNO3. The number of hydrogen-bond acceptors (Lipinski definition) is 3. The van der Waals surface area contributed by atoms with Gasteiger partial charge in [0.15, 0.2) is 6.10 Å². The Hall–Kier alpha value is -1.07. The van der Waals surface area contributed by atoms with Crippen molar-refractivity contribution in [3.8, 4) is 5.75 Å². The van der Waals surface area contributed by atoms with E-state index in [1.165, 1.54) is 18.4 Å². The number of ether oxygens (including phenoxy) is 1. The molecule has 2 rings (SSSR count). The largest absolute Gasteiger partial charge is 0.479 e. The fraction of sp³-hybridized carbons (Fsp3) is 0.533. The molecule has 5 heteroatoms. The van der Waals surface area contributed by atoms with Gasteiger partial charge in [-0.2, -0.15) is 0 Å². The van der Waals surface area contributed by atoms with Crippen molar-refractivity contribution >= 4 is 21.9 Å². The van der Waals surface area contributed by atoms with E-state index in [1.807, 2.05) is 25.1 Å². The minimum Gasteiger partial charge on any atom is -0.479 e. The van der Waals surface area contributed by atoms with Crippen LogP contribution >= 0.6 is 15.9 Å². The van der Waals surface area contributed by atoms with Crippen LogP contribution in [0.15, 0.2) is 22.7 Å².